The Morgan fingerprint density at radius 1 is 1.47 bits per heavy atom. The van der Waals surface area contributed by atoms with E-state index in [0.29, 0.717) is 5.69 Å². The summed E-state index contributed by atoms with van der Waals surface area (Å²) in [6.07, 6.45) is 1.07. The van der Waals surface area contributed by atoms with Crippen LogP contribution in [0.4, 0.5) is 0 Å². The van der Waals surface area contributed by atoms with E-state index in [4.69, 9.17) is 0 Å². The van der Waals surface area contributed by atoms with Crippen molar-refractivity contribution in [3.8, 4) is 5.75 Å². The van der Waals surface area contributed by atoms with E-state index in [1.165, 1.54) is 0 Å². The first-order valence-electron chi connectivity index (χ1n) is 4.34. The number of fused-ring (bicyclic) bond motifs is 1. The third-order valence-corrected chi connectivity index (χ3v) is 2.01. The first-order valence-corrected chi connectivity index (χ1v) is 4.34. The number of rotatable bonds is 2. The summed E-state index contributed by atoms with van der Waals surface area (Å²) < 4.78 is 4.62. The van der Waals surface area contributed by atoms with E-state index in [1.807, 2.05) is 0 Å². The van der Waals surface area contributed by atoms with Crippen molar-refractivity contribution in [2.24, 2.45) is 0 Å². The Bertz CT molecular complexity index is 528. The molecule has 0 bridgehead atoms. The Labute approximate surface area is 85.8 Å². The van der Waals surface area contributed by atoms with Gasteiger partial charge < -0.3 is 14.8 Å². The zero-order chi connectivity index (χ0) is 10.8. The number of phenols is 1. The number of carbonyl (C=O) groups is 1. The molecule has 15 heavy (non-hydrogen) atoms. The zero-order valence-corrected chi connectivity index (χ0v) is 7.86. The second kappa shape index (κ2) is 3.49. The van der Waals surface area contributed by atoms with Crippen LogP contribution < -0.4 is 0 Å². The number of nitrogens with one attached hydrogen (secondary N) is 1. The number of aromatic hydroxyl groups is 1. The number of benzene rings is 1. The van der Waals surface area contributed by atoms with Crippen molar-refractivity contribution in [1.82, 2.24) is 4.98 Å². The molecule has 2 aromatic rings. The predicted octanol–water partition coefficient (Wildman–Crippen LogP) is 2.17. The van der Waals surface area contributed by atoms with Crippen molar-refractivity contribution in [1.29, 1.82) is 0 Å². The lowest BCUT2D eigenvalue weighted by molar-refractivity contribution is 0.0659. The Kier molecular flexibility index (Phi) is 2.17. The monoisotopic (exact) mass is 203 g/mol. The molecule has 0 radical (unpaired) electrons. The van der Waals surface area contributed by atoms with E-state index in [0.717, 1.165) is 17.2 Å². The maximum absolute atomic E-state index is 11.3. The topological polar surface area (TPSA) is 62.3 Å². The zero-order valence-electron chi connectivity index (χ0n) is 7.86. The van der Waals surface area contributed by atoms with Crippen LogP contribution >= 0.6 is 0 Å². The van der Waals surface area contributed by atoms with Gasteiger partial charge in [-0.1, -0.05) is 6.58 Å². The van der Waals surface area contributed by atoms with Gasteiger partial charge in [0.1, 0.15) is 11.4 Å². The average molecular weight is 203 g/mol. The lowest BCUT2D eigenvalue weighted by atomic mass is 10.2. The number of H-pyrrole nitrogens is 1. The molecule has 4 nitrogen and oxygen atoms in total. The van der Waals surface area contributed by atoms with Gasteiger partial charge in [-0.25, -0.2) is 4.79 Å². The van der Waals surface area contributed by atoms with Crippen molar-refractivity contribution < 1.29 is 14.6 Å². The number of carbonyl (C=O) groups excluding carboxylic acids is 1. The molecule has 2 N–H and O–H groups in total. The van der Waals surface area contributed by atoms with E-state index in [2.05, 4.69) is 16.3 Å². The van der Waals surface area contributed by atoms with Crippen LogP contribution in [-0.4, -0.2) is 16.1 Å². The van der Waals surface area contributed by atoms with Gasteiger partial charge in [-0.2, -0.15) is 0 Å². The molecule has 0 atom stereocenters. The van der Waals surface area contributed by atoms with E-state index in [1.54, 1.807) is 24.3 Å². The van der Waals surface area contributed by atoms with Gasteiger partial charge in [0.05, 0.1) is 6.26 Å². The molecule has 0 saturated heterocycles. The maximum atomic E-state index is 11.3. The Morgan fingerprint density at radius 3 is 3.00 bits per heavy atom. The largest absolute Gasteiger partial charge is 0.508 e. The summed E-state index contributed by atoms with van der Waals surface area (Å²) in [6.45, 7) is 3.30. The second-order valence-corrected chi connectivity index (χ2v) is 3.03. The van der Waals surface area contributed by atoms with Gasteiger partial charge in [0, 0.05) is 10.9 Å². The van der Waals surface area contributed by atoms with Crippen LogP contribution in [-0.2, 0) is 4.74 Å². The van der Waals surface area contributed by atoms with E-state index >= 15 is 0 Å². The van der Waals surface area contributed by atoms with Crippen LogP contribution in [0, 0.1) is 0 Å². The van der Waals surface area contributed by atoms with Crippen LogP contribution in [0.25, 0.3) is 10.9 Å². The molecule has 1 aromatic carbocycles. The number of hydrogen-bond acceptors (Lipinski definition) is 3. The third kappa shape index (κ3) is 1.69. The average Bonchev–Trinajstić information content (AvgIpc) is 2.60. The quantitative estimate of drug-likeness (QED) is 0.580. The van der Waals surface area contributed by atoms with Gasteiger partial charge in [0.25, 0.3) is 0 Å². The molecule has 0 unspecified atom stereocenters. The van der Waals surface area contributed by atoms with Gasteiger partial charge in [-0.3, -0.25) is 0 Å². The van der Waals surface area contributed by atoms with Gasteiger partial charge in [-0.05, 0) is 24.3 Å². The molecular formula is C11H9NO3. The summed E-state index contributed by atoms with van der Waals surface area (Å²) in [5.41, 5.74) is 1.10. The lowest BCUT2D eigenvalue weighted by Crippen LogP contribution is -1.99. The van der Waals surface area contributed by atoms with E-state index in [-0.39, 0.29) is 5.75 Å². The highest BCUT2D eigenvalue weighted by Crippen LogP contribution is 2.20. The number of esters is 1. The van der Waals surface area contributed by atoms with Crippen LogP contribution in [0.1, 0.15) is 10.5 Å². The first-order chi connectivity index (χ1) is 7.20. The summed E-state index contributed by atoms with van der Waals surface area (Å²) in [5, 5.41) is 9.99. The fourth-order valence-corrected chi connectivity index (χ4v) is 1.37. The summed E-state index contributed by atoms with van der Waals surface area (Å²) in [4.78, 5) is 14.2. The smallest absolute Gasteiger partial charge is 0.359 e. The highest BCUT2D eigenvalue weighted by Gasteiger charge is 2.09. The minimum Gasteiger partial charge on any atom is -0.508 e. The fourth-order valence-electron chi connectivity index (χ4n) is 1.37. The first kappa shape index (κ1) is 9.33. The summed E-state index contributed by atoms with van der Waals surface area (Å²) in [7, 11) is 0. The normalized spacial score (nSPS) is 10.1. The van der Waals surface area contributed by atoms with E-state index < -0.39 is 5.97 Å². The van der Waals surface area contributed by atoms with Gasteiger partial charge in [-0.15, -0.1) is 0 Å². The highest BCUT2D eigenvalue weighted by atomic mass is 16.5. The van der Waals surface area contributed by atoms with Crippen LogP contribution in [0.3, 0.4) is 0 Å². The number of aromatic nitrogens is 1. The van der Waals surface area contributed by atoms with Gasteiger partial charge in [0.15, 0.2) is 0 Å². The van der Waals surface area contributed by atoms with Crippen molar-refractivity contribution in [3.05, 3.63) is 42.8 Å². The summed E-state index contributed by atoms with van der Waals surface area (Å²) in [5.74, 6) is -0.342. The lowest BCUT2D eigenvalue weighted by Gasteiger charge is -1.92. The molecule has 4 heteroatoms. The molecule has 1 aromatic heterocycles. The minimum atomic E-state index is -0.499. The molecule has 0 aliphatic rings. The summed E-state index contributed by atoms with van der Waals surface area (Å²) >= 11 is 0. The van der Waals surface area contributed by atoms with Crippen molar-refractivity contribution in [3.63, 3.8) is 0 Å². The van der Waals surface area contributed by atoms with Crippen LogP contribution in [0.5, 0.6) is 5.75 Å². The minimum absolute atomic E-state index is 0.158. The molecule has 1 heterocycles. The number of hydrogen-bond donors (Lipinski definition) is 2. The van der Waals surface area contributed by atoms with Crippen LogP contribution in [0.2, 0.25) is 0 Å². The van der Waals surface area contributed by atoms with Crippen LogP contribution in [0.15, 0.2) is 37.1 Å². The number of ether oxygens (including phenoxy) is 1. The van der Waals surface area contributed by atoms with Crippen molar-refractivity contribution >= 4 is 16.9 Å². The molecule has 0 aliphatic heterocycles. The van der Waals surface area contributed by atoms with Gasteiger partial charge >= 0.3 is 5.97 Å². The van der Waals surface area contributed by atoms with Crippen molar-refractivity contribution in [2.75, 3.05) is 0 Å². The molecule has 0 amide bonds. The standard InChI is InChI=1S/C11H9NO3/c1-2-15-11(14)10-6-7-5-8(13)3-4-9(7)12-10/h2-6,12-13H,1H2. The number of phenolic OH excluding ortho intramolecular Hbond substituents is 1. The van der Waals surface area contributed by atoms with Crippen molar-refractivity contribution in [2.45, 2.75) is 0 Å². The predicted molar refractivity (Wildman–Crippen MR) is 55.6 cm³/mol. The molecular weight excluding hydrogens is 194 g/mol. The Morgan fingerprint density at radius 2 is 2.27 bits per heavy atom. The molecule has 2 rings (SSSR count). The second-order valence-electron chi connectivity index (χ2n) is 3.03. The fraction of sp³-hybridized carbons (Fsp3) is 0. The highest BCUT2D eigenvalue weighted by molar-refractivity contribution is 5.95. The number of aromatic amines is 1. The van der Waals surface area contributed by atoms with E-state index in [9.17, 15) is 9.90 Å². The molecule has 0 aliphatic carbocycles. The molecule has 0 saturated carbocycles. The maximum Gasteiger partial charge on any atom is 0.359 e. The molecule has 0 fully saturated rings. The SMILES string of the molecule is C=COC(=O)c1cc2cc(O)ccc2[nH]1. The molecule has 0 spiro atoms. The van der Waals surface area contributed by atoms with Gasteiger partial charge in [0.2, 0.25) is 0 Å². The Hall–Kier alpha value is -2.23. The Balaban J connectivity index is 2.47. The third-order valence-electron chi connectivity index (χ3n) is 2.01. The summed E-state index contributed by atoms with van der Waals surface area (Å²) in [6, 6.07) is 6.41. The molecule has 76 valence electrons.